The second-order valence-corrected chi connectivity index (χ2v) is 8.99. The number of fused-ring (bicyclic) bond motifs is 1. The Morgan fingerprint density at radius 3 is 2.67 bits per heavy atom. The number of aromatic carboxylic acids is 1. The molecular weight excluding hydrogens is 466 g/mol. The summed E-state index contributed by atoms with van der Waals surface area (Å²) in [5, 5.41) is 14.8. The van der Waals surface area contributed by atoms with E-state index in [4.69, 9.17) is 4.74 Å². The van der Waals surface area contributed by atoms with E-state index < -0.39 is 5.97 Å². The number of methoxy groups -OCH3 is 1. The summed E-state index contributed by atoms with van der Waals surface area (Å²) < 4.78 is 6.38. The lowest BCUT2D eigenvalue weighted by Gasteiger charge is -2.25. The first-order valence-electron chi connectivity index (χ1n) is 9.54. The van der Waals surface area contributed by atoms with Crippen LogP contribution in [0.15, 0.2) is 52.3 Å². The van der Waals surface area contributed by atoms with Crippen LogP contribution in [0.5, 0.6) is 5.75 Å². The normalized spacial score (nSPS) is 15.3. The highest BCUT2D eigenvalue weighted by Crippen LogP contribution is 2.38. The third-order valence-corrected chi connectivity index (χ3v) is 6.85. The fourth-order valence-electron chi connectivity index (χ4n) is 3.89. The lowest BCUT2D eigenvalue weighted by Crippen LogP contribution is -2.28. The zero-order chi connectivity index (χ0) is 21.3. The maximum absolute atomic E-state index is 13.0. The number of hydrogen-bond donors (Lipinski definition) is 2. The third-order valence-electron chi connectivity index (χ3n) is 5.43. The second-order valence-electron chi connectivity index (χ2n) is 7.19. The summed E-state index contributed by atoms with van der Waals surface area (Å²) in [6.07, 6.45) is 2.10. The van der Waals surface area contributed by atoms with Gasteiger partial charge in [-0.3, -0.25) is 4.79 Å². The zero-order valence-corrected chi connectivity index (χ0v) is 18.7. The van der Waals surface area contributed by atoms with Crippen molar-refractivity contribution in [3.8, 4) is 16.9 Å². The Kier molecular flexibility index (Phi) is 5.92. The van der Waals surface area contributed by atoms with Gasteiger partial charge in [0.05, 0.1) is 7.11 Å². The van der Waals surface area contributed by atoms with Crippen molar-refractivity contribution in [1.29, 1.82) is 0 Å². The fraction of sp³-hybridized carbons (Fsp3) is 0.217. The number of carbonyl (C=O) groups is 2. The van der Waals surface area contributed by atoms with Crippen molar-refractivity contribution in [2.45, 2.75) is 19.3 Å². The average Bonchev–Trinajstić information content (AvgIpc) is 3.17. The molecule has 1 heterocycles. The number of hydrogen-bond acceptors (Lipinski definition) is 4. The van der Waals surface area contributed by atoms with Gasteiger partial charge in [-0.15, -0.1) is 11.3 Å². The van der Waals surface area contributed by atoms with Gasteiger partial charge in [0.15, 0.2) is 0 Å². The van der Waals surface area contributed by atoms with Gasteiger partial charge in [0.25, 0.3) is 0 Å². The molecule has 0 spiro atoms. The minimum absolute atomic E-state index is 0.129. The molecule has 1 aliphatic rings. The number of anilines is 1. The quantitative estimate of drug-likeness (QED) is 0.491. The number of nitrogens with one attached hydrogen (secondary N) is 1. The van der Waals surface area contributed by atoms with E-state index in [1.807, 2.05) is 36.4 Å². The largest absolute Gasteiger partial charge is 0.496 e. The molecule has 7 heteroatoms. The van der Waals surface area contributed by atoms with Crippen LogP contribution in [0.3, 0.4) is 0 Å². The van der Waals surface area contributed by atoms with Crippen LogP contribution >= 0.6 is 27.3 Å². The van der Waals surface area contributed by atoms with Gasteiger partial charge >= 0.3 is 5.97 Å². The van der Waals surface area contributed by atoms with Gasteiger partial charge in [0.2, 0.25) is 5.91 Å². The first-order valence-corrected chi connectivity index (χ1v) is 11.2. The lowest BCUT2D eigenvalue weighted by atomic mass is 9.83. The molecule has 1 amide bonds. The van der Waals surface area contributed by atoms with Crippen LogP contribution < -0.4 is 10.1 Å². The summed E-state index contributed by atoms with van der Waals surface area (Å²) in [5.74, 6) is -0.642. The number of carboxylic acid groups (broad SMARTS) is 1. The van der Waals surface area contributed by atoms with Crippen molar-refractivity contribution in [2.24, 2.45) is 5.92 Å². The number of halogens is 1. The Morgan fingerprint density at radius 1 is 1.20 bits per heavy atom. The smallest absolute Gasteiger partial charge is 0.339 e. The molecule has 2 aromatic carbocycles. The number of amides is 1. The van der Waals surface area contributed by atoms with Crippen LogP contribution in [0, 0.1) is 5.92 Å². The molecule has 0 aliphatic heterocycles. The third kappa shape index (κ3) is 4.00. The minimum atomic E-state index is -1.06. The first-order chi connectivity index (χ1) is 14.5. The number of ether oxygens (including phenoxy) is 1. The van der Waals surface area contributed by atoms with E-state index in [2.05, 4.69) is 27.3 Å². The Balaban J connectivity index is 1.58. The Bertz CT molecular complexity index is 1090. The maximum atomic E-state index is 13.0. The summed E-state index contributed by atoms with van der Waals surface area (Å²) in [5.41, 5.74) is 3.80. The standard InChI is InChI=1S/C23H20BrNO4S/c1-29-19-4-2-3-13-5-6-15(11-17(13)19)21(26)25-22-20(23(27)28)18(12-30-22)14-7-9-16(24)10-8-14/h2-4,7-10,12,15H,5-6,11H2,1H3,(H,25,26)(H,27,28). The summed E-state index contributed by atoms with van der Waals surface area (Å²) >= 11 is 4.63. The molecule has 0 saturated carbocycles. The van der Waals surface area contributed by atoms with Gasteiger partial charge in [-0.25, -0.2) is 4.79 Å². The van der Waals surface area contributed by atoms with E-state index >= 15 is 0 Å². The van der Waals surface area contributed by atoms with Gasteiger partial charge in [0.1, 0.15) is 16.3 Å². The Morgan fingerprint density at radius 2 is 1.97 bits per heavy atom. The highest BCUT2D eigenvalue weighted by atomic mass is 79.9. The molecule has 1 aliphatic carbocycles. The molecule has 0 fully saturated rings. The number of rotatable bonds is 5. The number of aryl methyl sites for hydroxylation is 1. The van der Waals surface area contributed by atoms with Gasteiger partial charge in [-0.05, 0) is 54.2 Å². The Hall–Kier alpha value is -2.64. The van der Waals surface area contributed by atoms with Gasteiger partial charge in [0, 0.05) is 21.3 Å². The molecular formula is C23H20BrNO4S. The number of carbonyl (C=O) groups excluding carboxylic acids is 1. The van der Waals surface area contributed by atoms with E-state index in [1.54, 1.807) is 12.5 Å². The predicted octanol–water partition coefficient (Wildman–Crippen LogP) is 5.63. The van der Waals surface area contributed by atoms with Crippen molar-refractivity contribution in [2.75, 3.05) is 12.4 Å². The highest BCUT2D eigenvalue weighted by Gasteiger charge is 2.29. The maximum Gasteiger partial charge on any atom is 0.339 e. The van der Waals surface area contributed by atoms with Crippen LogP contribution in [0.2, 0.25) is 0 Å². The molecule has 1 atom stereocenters. The van der Waals surface area contributed by atoms with Crippen LogP contribution in [0.4, 0.5) is 5.00 Å². The molecule has 5 nitrogen and oxygen atoms in total. The molecule has 2 N–H and O–H groups in total. The summed E-state index contributed by atoms with van der Waals surface area (Å²) in [6.45, 7) is 0. The van der Waals surface area contributed by atoms with Crippen molar-refractivity contribution >= 4 is 44.1 Å². The first kappa shape index (κ1) is 20.6. The fourth-order valence-corrected chi connectivity index (χ4v) is 5.12. The summed E-state index contributed by atoms with van der Waals surface area (Å²) in [6, 6.07) is 13.4. The Labute approximate surface area is 186 Å². The van der Waals surface area contributed by atoms with Crippen molar-refractivity contribution in [3.05, 3.63) is 69.0 Å². The second kappa shape index (κ2) is 8.62. The van der Waals surface area contributed by atoms with Gasteiger partial charge in [-0.2, -0.15) is 0 Å². The molecule has 4 rings (SSSR count). The van der Waals surface area contributed by atoms with Gasteiger partial charge < -0.3 is 15.2 Å². The number of thiophene rings is 1. The minimum Gasteiger partial charge on any atom is -0.496 e. The van der Waals surface area contributed by atoms with Crippen LogP contribution in [-0.2, 0) is 17.6 Å². The number of carboxylic acids is 1. The molecule has 30 heavy (non-hydrogen) atoms. The average molecular weight is 486 g/mol. The van der Waals surface area contributed by atoms with E-state index in [-0.39, 0.29) is 17.4 Å². The molecule has 3 aromatic rings. The molecule has 1 unspecified atom stereocenters. The topological polar surface area (TPSA) is 75.6 Å². The molecule has 1 aromatic heterocycles. The van der Waals surface area contributed by atoms with Crippen LogP contribution in [0.1, 0.15) is 27.9 Å². The van der Waals surface area contributed by atoms with Crippen molar-refractivity contribution < 1.29 is 19.4 Å². The molecule has 154 valence electrons. The lowest BCUT2D eigenvalue weighted by molar-refractivity contribution is -0.120. The van der Waals surface area contributed by atoms with E-state index in [1.165, 1.54) is 16.9 Å². The van der Waals surface area contributed by atoms with Crippen molar-refractivity contribution in [3.63, 3.8) is 0 Å². The van der Waals surface area contributed by atoms with E-state index in [9.17, 15) is 14.7 Å². The predicted molar refractivity (Wildman–Crippen MR) is 122 cm³/mol. The monoisotopic (exact) mass is 485 g/mol. The molecule has 0 bridgehead atoms. The zero-order valence-electron chi connectivity index (χ0n) is 16.3. The molecule has 0 saturated heterocycles. The summed E-state index contributed by atoms with van der Waals surface area (Å²) in [7, 11) is 1.63. The van der Waals surface area contributed by atoms with Crippen LogP contribution in [-0.4, -0.2) is 24.1 Å². The SMILES string of the molecule is COc1cccc2c1CC(C(=O)Nc1scc(-c3ccc(Br)cc3)c1C(=O)O)CC2. The van der Waals surface area contributed by atoms with E-state index in [0.717, 1.165) is 34.2 Å². The highest BCUT2D eigenvalue weighted by molar-refractivity contribution is 9.10. The summed E-state index contributed by atoms with van der Waals surface area (Å²) in [4.78, 5) is 25.0. The van der Waals surface area contributed by atoms with Crippen LogP contribution in [0.25, 0.3) is 11.1 Å². The van der Waals surface area contributed by atoms with Gasteiger partial charge in [-0.1, -0.05) is 40.2 Å². The number of benzene rings is 2. The van der Waals surface area contributed by atoms with Crippen molar-refractivity contribution in [1.82, 2.24) is 0 Å². The molecule has 0 radical (unpaired) electrons. The van der Waals surface area contributed by atoms with E-state index in [0.29, 0.717) is 17.0 Å².